The van der Waals surface area contributed by atoms with Gasteiger partial charge >= 0.3 is 0 Å². The highest BCUT2D eigenvalue weighted by Crippen LogP contribution is 2.18. The van der Waals surface area contributed by atoms with Crippen LogP contribution in [0.3, 0.4) is 0 Å². The van der Waals surface area contributed by atoms with Crippen molar-refractivity contribution in [3.63, 3.8) is 0 Å². The van der Waals surface area contributed by atoms with Crippen molar-refractivity contribution >= 4 is 17.2 Å². The standard InChI is InChI=1S/C7H11N3OS/c1-4(8)5-3-10-7(12-5)2-6(9)11/h3-4H,2,8H2,1H3,(H2,9,11). The van der Waals surface area contributed by atoms with Crippen molar-refractivity contribution < 1.29 is 4.79 Å². The largest absolute Gasteiger partial charge is 0.369 e. The molecular weight excluding hydrogens is 174 g/mol. The molecule has 5 heteroatoms. The molecule has 66 valence electrons. The Bertz CT molecular complexity index is 282. The molecule has 4 nitrogen and oxygen atoms in total. The van der Waals surface area contributed by atoms with Crippen LogP contribution in [0.4, 0.5) is 0 Å². The summed E-state index contributed by atoms with van der Waals surface area (Å²) in [5.41, 5.74) is 10.6. The molecule has 0 aliphatic rings. The van der Waals surface area contributed by atoms with Crippen LogP contribution in [0.2, 0.25) is 0 Å². The maximum Gasteiger partial charge on any atom is 0.224 e. The Hall–Kier alpha value is -0.940. The lowest BCUT2D eigenvalue weighted by atomic mass is 10.3. The summed E-state index contributed by atoms with van der Waals surface area (Å²) in [5.74, 6) is -0.361. The van der Waals surface area contributed by atoms with E-state index >= 15 is 0 Å². The average Bonchev–Trinajstić information content (AvgIpc) is 2.34. The molecule has 0 bridgehead atoms. The fraction of sp³-hybridized carbons (Fsp3) is 0.429. The summed E-state index contributed by atoms with van der Waals surface area (Å²) in [6.07, 6.45) is 1.89. The van der Waals surface area contributed by atoms with E-state index in [1.54, 1.807) is 6.20 Å². The second kappa shape index (κ2) is 3.64. The lowest BCUT2D eigenvalue weighted by Crippen LogP contribution is -2.13. The van der Waals surface area contributed by atoms with E-state index in [1.165, 1.54) is 11.3 Å². The Balaban J connectivity index is 2.70. The first-order valence-corrected chi connectivity index (χ1v) is 4.39. The highest BCUT2D eigenvalue weighted by molar-refractivity contribution is 7.11. The van der Waals surface area contributed by atoms with Gasteiger partial charge in [-0.2, -0.15) is 0 Å². The molecule has 1 unspecified atom stereocenters. The zero-order chi connectivity index (χ0) is 9.14. The van der Waals surface area contributed by atoms with E-state index in [0.717, 1.165) is 9.88 Å². The van der Waals surface area contributed by atoms with Gasteiger partial charge in [-0.15, -0.1) is 11.3 Å². The second-order valence-corrected chi connectivity index (χ2v) is 3.73. The van der Waals surface area contributed by atoms with Gasteiger partial charge in [0.2, 0.25) is 5.91 Å². The van der Waals surface area contributed by atoms with Crippen LogP contribution < -0.4 is 11.5 Å². The Labute approximate surface area is 74.6 Å². The number of hydrogen-bond acceptors (Lipinski definition) is 4. The monoisotopic (exact) mass is 185 g/mol. The van der Waals surface area contributed by atoms with Crippen LogP contribution in [0.1, 0.15) is 22.9 Å². The van der Waals surface area contributed by atoms with E-state index in [4.69, 9.17) is 11.5 Å². The maximum absolute atomic E-state index is 10.5. The molecule has 1 aromatic rings. The van der Waals surface area contributed by atoms with Gasteiger partial charge in [0.25, 0.3) is 0 Å². The first kappa shape index (κ1) is 9.15. The molecule has 0 fully saturated rings. The molecule has 1 heterocycles. The van der Waals surface area contributed by atoms with E-state index in [-0.39, 0.29) is 18.4 Å². The van der Waals surface area contributed by atoms with Gasteiger partial charge in [0.05, 0.1) is 6.42 Å². The molecule has 1 rings (SSSR count). The highest BCUT2D eigenvalue weighted by atomic mass is 32.1. The maximum atomic E-state index is 10.5. The third-order valence-corrected chi connectivity index (χ3v) is 2.54. The molecule has 1 amide bonds. The quantitative estimate of drug-likeness (QED) is 0.705. The fourth-order valence-electron chi connectivity index (χ4n) is 0.766. The predicted octanol–water partition coefficient (Wildman–Crippen LogP) is 0.191. The predicted molar refractivity (Wildman–Crippen MR) is 47.6 cm³/mol. The van der Waals surface area contributed by atoms with E-state index in [1.807, 2.05) is 6.92 Å². The van der Waals surface area contributed by atoms with Gasteiger partial charge in [0.15, 0.2) is 0 Å². The minimum atomic E-state index is -0.361. The summed E-state index contributed by atoms with van der Waals surface area (Å²) < 4.78 is 0. The van der Waals surface area contributed by atoms with Gasteiger partial charge in [-0.05, 0) is 6.92 Å². The minimum Gasteiger partial charge on any atom is -0.369 e. The smallest absolute Gasteiger partial charge is 0.224 e. The van der Waals surface area contributed by atoms with Gasteiger partial charge in [0, 0.05) is 17.1 Å². The molecule has 0 spiro atoms. The molecule has 0 radical (unpaired) electrons. The Kier molecular flexibility index (Phi) is 2.78. The van der Waals surface area contributed by atoms with E-state index in [2.05, 4.69) is 4.98 Å². The topological polar surface area (TPSA) is 82.0 Å². The van der Waals surface area contributed by atoms with Crippen LogP contribution in [0.5, 0.6) is 0 Å². The van der Waals surface area contributed by atoms with Gasteiger partial charge in [0.1, 0.15) is 5.01 Å². The number of nitrogens with two attached hydrogens (primary N) is 2. The number of aromatic nitrogens is 1. The summed E-state index contributed by atoms with van der Waals surface area (Å²) in [7, 11) is 0. The summed E-state index contributed by atoms with van der Waals surface area (Å²) >= 11 is 1.43. The molecule has 0 aliphatic heterocycles. The molecule has 1 atom stereocenters. The van der Waals surface area contributed by atoms with E-state index < -0.39 is 0 Å². The van der Waals surface area contributed by atoms with Crippen molar-refractivity contribution in [1.29, 1.82) is 0 Å². The number of nitrogens with zero attached hydrogens (tertiary/aromatic N) is 1. The van der Waals surface area contributed by atoms with Crippen molar-refractivity contribution in [2.75, 3.05) is 0 Å². The average molecular weight is 185 g/mol. The van der Waals surface area contributed by atoms with Crippen LogP contribution in [0, 0.1) is 0 Å². The SMILES string of the molecule is CC(N)c1cnc(CC(N)=O)s1. The lowest BCUT2D eigenvalue weighted by molar-refractivity contribution is -0.117. The zero-order valence-corrected chi connectivity index (χ0v) is 7.60. The summed E-state index contributed by atoms with van der Waals surface area (Å²) in [6, 6.07) is -0.0240. The second-order valence-electron chi connectivity index (χ2n) is 2.59. The van der Waals surface area contributed by atoms with Crippen molar-refractivity contribution in [3.8, 4) is 0 Å². The molecule has 0 saturated heterocycles. The molecule has 1 aromatic heterocycles. The first-order valence-electron chi connectivity index (χ1n) is 3.58. The number of primary amides is 1. The first-order chi connectivity index (χ1) is 5.59. The third-order valence-electron chi connectivity index (χ3n) is 1.35. The van der Waals surface area contributed by atoms with Crippen LogP contribution in [-0.2, 0) is 11.2 Å². The molecule has 0 aromatic carbocycles. The Morgan fingerprint density at radius 3 is 2.92 bits per heavy atom. The van der Waals surface area contributed by atoms with Crippen molar-refractivity contribution in [3.05, 3.63) is 16.1 Å². The number of amides is 1. The zero-order valence-electron chi connectivity index (χ0n) is 6.78. The number of hydrogen-bond donors (Lipinski definition) is 2. The van der Waals surface area contributed by atoms with Gasteiger partial charge in [-0.3, -0.25) is 4.79 Å². The third kappa shape index (κ3) is 2.28. The van der Waals surface area contributed by atoms with Crippen LogP contribution in [-0.4, -0.2) is 10.9 Å². The van der Waals surface area contributed by atoms with Crippen molar-refractivity contribution in [2.45, 2.75) is 19.4 Å². The van der Waals surface area contributed by atoms with E-state index in [9.17, 15) is 4.79 Å². The summed E-state index contributed by atoms with van der Waals surface area (Å²) in [5, 5.41) is 0.731. The molecule has 4 N–H and O–H groups in total. The molecule has 0 aliphatic carbocycles. The fourth-order valence-corrected chi connectivity index (χ4v) is 1.65. The lowest BCUT2D eigenvalue weighted by Gasteiger charge is -1.96. The van der Waals surface area contributed by atoms with E-state index in [0.29, 0.717) is 0 Å². The Morgan fingerprint density at radius 1 is 1.83 bits per heavy atom. The summed E-state index contributed by atoms with van der Waals surface area (Å²) in [6.45, 7) is 1.88. The summed E-state index contributed by atoms with van der Waals surface area (Å²) in [4.78, 5) is 15.5. The number of thiazole rings is 1. The van der Waals surface area contributed by atoms with Crippen molar-refractivity contribution in [1.82, 2.24) is 4.98 Å². The van der Waals surface area contributed by atoms with Crippen LogP contribution >= 0.6 is 11.3 Å². The number of rotatable bonds is 3. The molecular formula is C7H11N3OS. The van der Waals surface area contributed by atoms with Crippen LogP contribution in [0.25, 0.3) is 0 Å². The van der Waals surface area contributed by atoms with Crippen molar-refractivity contribution in [2.24, 2.45) is 11.5 Å². The number of carbonyl (C=O) groups is 1. The normalized spacial score (nSPS) is 12.8. The number of carbonyl (C=O) groups excluding carboxylic acids is 1. The van der Waals surface area contributed by atoms with Gasteiger partial charge in [-0.25, -0.2) is 4.98 Å². The molecule has 12 heavy (non-hydrogen) atoms. The van der Waals surface area contributed by atoms with Gasteiger partial charge in [-0.1, -0.05) is 0 Å². The minimum absolute atomic E-state index is 0.0240. The molecule has 0 saturated carbocycles. The highest BCUT2D eigenvalue weighted by Gasteiger charge is 2.07. The van der Waals surface area contributed by atoms with Gasteiger partial charge < -0.3 is 11.5 Å². The Morgan fingerprint density at radius 2 is 2.50 bits per heavy atom. The van der Waals surface area contributed by atoms with Crippen LogP contribution in [0.15, 0.2) is 6.20 Å².